The summed E-state index contributed by atoms with van der Waals surface area (Å²) < 4.78 is 15.6. The van der Waals surface area contributed by atoms with Crippen LogP contribution in [0.5, 0.6) is 11.5 Å². The molecule has 2 amide bonds. The van der Waals surface area contributed by atoms with Gasteiger partial charge in [0.25, 0.3) is 11.8 Å². The molecule has 2 rings (SSSR count). The van der Waals surface area contributed by atoms with E-state index in [1.165, 1.54) is 19.2 Å². The number of hydrogen-bond donors (Lipinski definition) is 1. The van der Waals surface area contributed by atoms with Crippen molar-refractivity contribution < 1.29 is 28.6 Å². The Kier molecular flexibility index (Phi) is 7.58. The highest BCUT2D eigenvalue weighted by Crippen LogP contribution is 2.28. The van der Waals surface area contributed by atoms with E-state index in [9.17, 15) is 14.4 Å². The molecule has 0 aliphatic heterocycles. The molecule has 0 radical (unpaired) electrons. The van der Waals surface area contributed by atoms with Gasteiger partial charge in [0.15, 0.2) is 18.1 Å². The quantitative estimate of drug-likeness (QED) is 0.699. The fourth-order valence-electron chi connectivity index (χ4n) is 2.64. The van der Waals surface area contributed by atoms with Gasteiger partial charge in [-0.2, -0.15) is 0 Å². The Balaban J connectivity index is 1.92. The lowest BCUT2D eigenvalue weighted by Crippen LogP contribution is -2.34. The number of carbonyl (C=O) groups excluding carboxylic acids is 3. The van der Waals surface area contributed by atoms with Crippen molar-refractivity contribution in [2.24, 2.45) is 0 Å². The maximum Gasteiger partial charge on any atom is 0.338 e. The van der Waals surface area contributed by atoms with Crippen LogP contribution in [0.25, 0.3) is 0 Å². The lowest BCUT2D eigenvalue weighted by atomic mass is 9.87. The van der Waals surface area contributed by atoms with Crippen molar-refractivity contribution in [2.45, 2.75) is 33.1 Å². The summed E-state index contributed by atoms with van der Waals surface area (Å²) in [5, 5.41) is 2.21. The minimum atomic E-state index is -0.717. The van der Waals surface area contributed by atoms with Crippen LogP contribution < -0.4 is 14.8 Å². The number of carbonyl (C=O) groups is 3. The first-order valence-corrected chi connectivity index (χ1v) is 9.58. The number of hydrogen-bond acceptors (Lipinski definition) is 6. The van der Waals surface area contributed by atoms with E-state index in [4.69, 9.17) is 14.2 Å². The molecule has 7 nitrogen and oxygen atoms in total. The van der Waals surface area contributed by atoms with E-state index < -0.39 is 24.4 Å². The summed E-state index contributed by atoms with van der Waals surface area (Å²) in [5.74, 6) is -1.11. The third-order valence-corrected chi connectivity index (χ3v) is 4.30. The Hall–Kier alpha value is -3.35. The van der Waals surface area contributed by atoms with E-state index in [2.05, 4.69) is 26.1 Å². The lowest BCUT2D eigenvalue weighted by molar-refractivity contribution is -0.123. The summed E-state index contributed by atoms with van der Waals surface area (Å²) in [4.78, 5) is 36.4. The molecule has 0 saturated heterocycles. The van der Waals surface area contributed by atoms with Crippen LogP contribution in [-0.2, 0) is 14.9 Å². The Bertz CT molecular complexity index is 912. The van der Waals surface area contributed by atoms with Gasteiger partial charge in [0, 0.05) is 5.56 Å². The monoisotopic (exact) mass is 413 g/mol. The maximum atomic E-state index is 12.2. The fourth-order valence-corrected chi connectivity index (χ4v) is 2.64. The zero-order valence-corrected chi connectivity index (χ0v) is 17.9. The summed E-state index contributed by atoms with van der Waals surface area (Å²) in [5.41, 5.74) is 1.58. The molecule has 30 heavy (non-hydrogen) atoms. The van der Waals surface area contributed by atoms with Crippen molar-refractivity contribution in [3.05, 3.63) is 59.2 Å². The normalized spacial score (nSPS) is 10.8. The second kappa shape index (κ2) is 9.91. The number of rotatable bonds is 7. The number of esters is 1. The van der Waals surface area contributed by atoms with Crippen molar-refractivity contribution in [2.75, 3.05) is 20.3 Å². The number of benzene rings is 2. The summed E-state index contributed by atoms with van der Waals surface area (Å²) in [6.07, 6.45) is 0. The Labute approximate surface area is 176 Å². The average Bonchev–Trinajstić information content (AvgIpc) is 2.72. The van der Waals surface area contributed by atoms with E-state index >= 15 is 0 Å². The van der Waals surface area contributed by atoms with E-state index in [0.717, 1.165) is 5.56 Å². The number of amides is 2. The summed E-state index contributed by atoms with van der Waals surface area (Å²) in [6, 6.07) is 11.6. The molecule has 2 aromatic rings. The van der Waals surface area contributed by atoms with Crippen molar-refractivity contribution in [1.29, 1.82) is 0 Å². The van der Waals surface area contributed by atoms with Gasteiger partial charge >= 0.3 is 5.97 Å². The van der Waals surface area contributed by atoms with Gasteiger partial charge < -0.3 is 14.2 Å². The molecule has 0 aromatic heterocycles. The molecule has 0 fully saturated rings. The average molecular weight is 413 g/mol. The van der Waals surface area contributed by atoms with Crippen LogP contribution in [0.15, 0.2) is 42.5 Å². The van der Waals surface area contributed by atoms with Gasteiger partial charge in [-0.1, -0.05) is 32.9 Å². The fraction of sp³-hybridized carbons (Fsp3) is 0.348. The lowest BCUT2D eigenvalue weighted by Gasteiger charge is -2.19. The topological polar surface area (TPSA) is 90.9 Å². The Morgan fingerprint density at radius 3 is 2.13 bits per heavy atom. The van der Waals surface area contributed by atoms with Gasteiger partial charge in [-0.3, -0.25) is 14.9 Å². The van der Waals surface area contributed by atoms with E-state index in [0.29, 0.717) is 23.7 Å². The largest absolute Gasteiger partial charge is 0.493 e. The predicted octanol–water partition coefficient (Wildman–Crippen LogP) is 3.50. The van der Waals surface area contributed by atoms with E-state index in [1.54, 1.807) is 18.2 Å². The molecule has 0 bridgehead atoms. The SMILES string of the molecule is CCOc1ccc(C(=O)OCC(=O)NC(=O)c2ccc(C(C)(C)C)cc2)cc1OC. The van der Waals surface area contributed by atoms with Crippen LogP contribution in [0.3, 0.4) is 0 Å². The van der Waals surface area contributed by atoms with Crippen LogP contribution in [0.2, 0.25) is 0 Å². The molecule has 1 N–H and O–H groups in total. The Morgan fingerprint density at radius 2 is 1.57 bits per heavy atom. The Morgan fingerprint density at radius 1 is 0.933 bits per heavy atom. The summed E-state index contributed by atoms with van der Waals surface area (Å²) >= 11 is 0. The summed E-state index contributed by atoms with van der Waals surface area (Å²) in [6.45, 7) is 7.91. The van der Waals surface area contributed by atoms with Gasteiger partial charge in [0.05, 0.1) is 19.3 Å². The number of methoxy groups -OCH3 is 1. The zero-order chi connectivity index (χ0) is 22.3. The third kappa shape index (κ3) is 6.07. The predicted molar refractivity (Wildman–Crippen MR) is 112 cm³/mol. The van der Waals surface area contributed by atoms with Gasteiger partial charge in [0.1, 0.15) is 0 Å². The van der Waals surface area contributed by atoms with Crippen LogP contribution in [-0.4, -0.2) is 38.1 Å². The molecule has 0 saturated carbocycles. The minimum Gasteiger partial charge on any atom is -0.493 e. The van der Waals surface area contributed by atoms with E-state index in [-0.39, 0.29) is 11.0 Å². The van der Waals surface area contributed by atoms with Gasteiger partial charge in [-0.15, -0.1) is 0 Å². The first kappa shape index (κ1) is 22.9. The first-order chi connectivity index (χ1) is 14.2. The molecule has 0 unspecified atom stereocenters. The number of ether oxygens (including phenoxy) is 3. The van der Waals surface area contributed by atoms with Crippen LogP contribution in [0, 0.1) is 0 Å². The molecule has 2 aromatic carbocycles. The molecule has 0 spiro atoms. The van der Waals surface area contributed by atoms with Crippen molar-refractivity contribution in [1.82, 2.24) is 5.32 Å². The van der Waals surface area contributed by atoms with Crippen molar-refractivity contribution >= 4 is 17.8 Å². The second-order valence-electron chi connectivity index (χ2n) is 7.58. The minimum absolute atomic E-state index is 0.0391. The molecular weight excluding hydrogens is 386 g/mol. The standard InChI is InChI=1S/C23H27NO6/c1-6-29-18-12-9-16(13-19(18)28-5)22(27)30-14-20(25)24-21(26)15-7-10-17(11-8-15)23(2,3)4/h7-13H,6,14H2,1-5H3,(H,24,25,26). The van der Waals surface area contributed by atoms with Crippen molar-refractivity contribution in [3.63, 3.8) is 0 Å². The summed E-state index contributed by atoms with van der Waals surface area (Å²) in [7, 11) is 1.46. The van der Waals surface area contributed by atoms with Gasteiger partial charge in [-0.05, 0) is 48.2 Å². The molecule has 0 aliphatic carbocycles. The van der Waals surface area contributed by atoms with E-state index in [1.807, 2.05) is 19.1 Å². The molecular formula is C23H27NO6. The van der Waals surface area contributed by atoms with Crippen LogP contribution in [0.1, 0.15) is 54.0 Å². The molecule has 160 valence electrons. The van der Waals surface area contributed by atoms with Crippen LogP contribution >= 0.6 is 0 Å². The van der Waals surface area contributed by atoms with Gasteiger partial charge in [-0.25, -0.2) is 4.79 Å². The highest BCUT2D eigenvalue weighted by Gasteiger charge is 2.17. The number of imide groups is 1. The molecule has 7 heteroatoms. The first-order valence-electron chi connectivity index (χ1n) is 9.58. The smallest absolute Gasteiger partial charge is 0.338 e. The maximum absolute atomic E-state index is 12.2. The molecule has 0 aliphatic rings. The van der Waals surface area contributed by atoms with Crippen molar-refractivity contribution in [3.8, 4) is 11.5 Å². The zero-order valence-electron chi connectivity index (χ0n) is 17.9. The third-order valence-electron chi connectivity index (χ3n) is 4.30. The molecule has 0 atom stereocenters. The van der Waals surface area contributed by atoms with Gasteiger partial charge in [0.2, 0.25) is 0 Å². The number of nitrogens with one attached hydrogen (secondary N) is 1. The highest BCUT2D eigenvalue weighted by molar-refractivity contribution is 6.05. The second-order valence-corrected chi connectivity index (χ2v) is 7.58. The highest BCUT2D eigenvalue weighted by atomic mass is 16.5. The molecule has 0 heterocycles. The van der Waals surface area contributed by atoms with Crippen LogP contribution in [0.4, 0.5) is 0 Å².